The first-order chi connectivity index (χ1) is 14.6. The topological polar surface area (TPSA) is 88.8 Å². The summed E-state index contributed by atoms with van der Waals surface area (Å²) in [5.41, 5.74) is 2.55. The minimum atomic E-state index is -1.01. The third-order valence-corrected chi connectivity index (χ3v) is 5.92. The van der Waals surface area contributed by atoms with E-state index < -0.39 is 6.17 Å². The molecule has 4 heterocycles. The Labute approximate surface area is 173 Å². The van der Waals surface area contributed by atoms with Crippen molar-refractivity contribution < 1.29 is 9.50 Å². The van der Waals surface area contributed by atoms with Gasteiger partial charge < -0.3 is 15.0 Å². The summed E-state index contributed by atoms with van der Waals surface area (Å²) in [4.78, 5) is 8.35. The number of alkyl halides is 1. The van der Waals surface area contributed by atoms with Crippen LogP contribution >= 0.6 is 0 Å². The Morgan fingerprint density at radius 3 is 2.90 bits per heavy atom. The first-order valence-corrected chi connectivity index (χ1v) is 10.2. The molecule has 0 spiro atoms. The summed E-state index contributed by atoms with van der Waals surface area (Å²) in [7, 11) is 0. The predicted molar refractivity (Wildman–Crippen MR) is 111 cm³/mol. The summed E-state index contributed by atoms with van der Waals surface area (Å²) >= 11 is 0. The number of hydrogen-bond acceptors (Lipinski definition) is 6. The largest absolute Gasteiger partial charge is 0.507 e. The van der Waals surface area contributed by atoms with Gasteiger partial charge in [-0.2, -0.15) is 0 Å². The molecule has 0 radical (unpaired) electrons. The quantitative estimate of drug-likeness (QED) is 0.694. The van der Waals surface area contributed by atoms with E-state index in [2.05, 4.69) is 32.4 Å². The minimum absolute atomic E-state index is 0.0539. The van der Waals surface area contributed by atoms with Crippen LogP contribution in [0.1, 0.15) is 31.9 Å². The van der Waals surface area contributed by atoms with E-state index in [4.69, 9.17) is 0 Å². The third-order valence-electron chi connectivity index (χ3n) is 5.92. The molecule has 1 aromatic carbocycles. The number of imidazole rings is 1. The summed E-state index contributed by atoms with van der Waals surface area (Å²) in [5, 5.41) is 22.2. The van der Waals surface area contributed by atoms with E-state index in [0.29, 0.717) is 35.5 Å². The van der Waals surface area contributed by atoms with Crippen LogP contribution in [0.3, 0.4) is 0 Å². The van der Waals surface area contributed by atoms with Gasteiger partial charge in [-0.15, -0.1) is 10.2 Å². The number of halogens is 1. The number of fused-ring (bicyclic) bond motifs is 2. The van der Waals surface area contributed by atoms with Crippen molar-refractivity contribution in [3.05, 3.63) is 54.4 Å². The smallest absolute Gasteiger partial charge is 0.185 e. The second-order valence-electron chi connectivity index (χ2n) is 8.25. The van der Waals surface area contributed by atoms with Gasteiger partial charge in [-0.05, 0) is 49.0 Å². The van der Waals surface area contributed by atoms with Gasteiger partial charge in [0.05, 0.1) is 23.8 Å². The van der Waals surface area contributed by atoms with Crippen LogP contribution in [-0.2, 0) is 0 Å². The van der Waals surface area contributed by atoms with Crippen LogP contribution in [0.2, 0.25) is 0 Å². The second-order valence-corrected chi connectivity index (χ2v) is 8.25. The number of phenols is 1. The number of benzene rings is 1. The van der Waals surface area contributed by atoms with E-state index >= 15 is 0 Å². The Morgan fingerprint density at radius 2 is 2.17 bits per heavy atom. The van der Waals surface area contributed by atoms with Crippen molar-refractivity contribution >= 4 is 6.08 Å². The van der Waals surface area contributed by atoms with Crippen molar-refractivity contribution in [1.29, 1.82) is 0 Å². The highest BCUT2D eigenvalue weighted by Crippen LogP contribution is 2.35. The first kappa shape index (κ1) is 18.9. The van der Waals surface area contributed by atoms with Gasteiger partial charge in [0.25, 0.3) is 0 Å². The molecule has 2 aliphatic heterocycles. The van der Waals surface area contributed by atoms with Gasteiger partial charge >= 0.3 is 0 Å². The molecule has 7 nitrogen and oxygen atoms in total. The SMILES string of the molecule is C[C@@H]1CC2C/C(=C/c3cnc(-c4ccc(-n5ccnc5)cc4O)nn3)[C@@H](F)C(C1)N2. The van der Waals surface area contributed by atoms with E-state index in [9.17, 15) is 9.50 Å². The molecular weight excluding hydrogens is 383 g/mol. The summed E-state index contributed by atoms with van der Waals surface area (Å²) < 4.78 is 16.7. The maximum absolute atomic E-state index is 14.9. The fourth-order valence-corrected chi connectivity index (χ4v) is 4.54. The normalized spacial score (nSPS) is 27.3. The van der Waals surface area contributed by atoms with Gasteiger partial charge in [-0.1, -0.05) is 6.92 Å². The Bertz CT molecular complexity index is 1060. The van der Waals surface area contributed by atoms with Crippen LogP contribution in [-0.4, -0.2) is 48.1 Å². The van der Waals surface area contributed by atoms with Gasteiger partial charge in [-0.3, -0.25) is 0 Å². The molecule has 2 aliphatic rings. The molecule has 2 fully saturated rings. The molecule has 0 amide bonds. The monoisotopic (exact) mass is 406 g/mol. The Hall–Kier alpha value is -3.13. The number of nitrogens with one attached hydrogen (secondary N) is 1. The first-order valence-electron chi connectivity index (χ1n) is 10.2. The number of aromatic nitrogens is 5. The fourth-order valence-electron chi connectivity index (χ4n) is 4.54. The minimum Gasteiger partial charge on any atom is -0.507 e. The van der Waals surface area contributed by atoms with Crippen molar-refractivity contribution in [1.82, 2.24) is 30.0 Å². The van der Waals surface area contributed by atoms with Crippen LogP contribution in [0.5, 0.6) is 5.75 Å². The zero-order valence-electron chi connectivity index (χ0n) is 16.6. The summed E-state index contributed by atoms with van der Waals surface area (Å²) in [6, 6.07) is 5.41. The van der Waals surface area contributed by atoms with Crippen LogP contribution in [0.15, 0.2) is 48.7 Å². The zero-order valence-corrected chi connectivity index (χ0v) is 16.6. The summed E-state index contributed by atoms with van der Waals surface area (Å²) in [6.07, 6.45) is 10.1. The average molecular weight is 406 g/mol. The predicted octanol–water partition coefficient (Wildman–Crippen LogP) is 3.31. The molecular formula is C22H23FN6O. The van der Waals surface area contributed by atoms with E-state index in [1.807, 2.05) is 6.07 Å². The van der Waals surface area contributed by atoms with Gasteiger partial charge in [-0.25, -0.2) is 14.4 Å². The van der Waals surface area contributed by atoms with Crippen molar-refractivity contribution in [2.75, 3.05) is 0 Å². The number of hydrogen-bond donors (Lipinski definition) is 2. The molecule has 2 saturated heterocycles. The van der Waals surface area contributed by atoms with Gasteiger partial charge in [0, 0.05) is 30.5 Å². The average Bonchev–Trinajstić information content (AvgIpc) is 3.27. The Kier molecular flexibility index (Phi) is 4.78. The second kappa shape index (κ2) is 7.60. The highest BCUT2D eigenvalue weighted by Gasteiger charge is 2.38. The number of aromatic hydroxyl groups is 1. The van der Waals surface area contributed by atoms with Crippen molar-refractivity contribution in [2.24, 2.45) is 5.92 Å². The van der Waals surface area contributed by atoms with E-state index in [1.54, 1.807) is 47.7 Å². The number of rotatable bonds is 3. The lowest BCUT2D eigenvalue weighted by atomic mass is 9.78. The summed E-state index contributed by atoms with van der Waals surface area (Å²) in [6.45, 7) is 2.19. The van der Waals surface area contributed by atoms with Gasteiger partial charge in [0.2, 0.25) is 0 Å². The van der Waals surface area contributed by atoms with Crippen molar-refractivity contribution in [3.8, 4) is 22.8 Å². The van der Waals surface area contributed by atoms with Crippen LogP contribution < -0.4 is 5.32 Å². The number of piperidine rings is 2. The zero-order chi connectivity index (χ0) is 20.7. The lowest BCUT2D eigenvalue weighted by Crippen LogP contribution is -2.54. The molecule has 8 heteroatoms. The Morgan fingerprint density at radius 1 is 1.27 bits per heavy atom. The molecule has 5 rings (SSSR count). The van der Waals surface area contributed by atoms with Gasteiger partial charge in [0.1, 0.15) is 17.6 Å². The highest BCUT2D eigenvalue weighted by atomic mass is 19.1. The van der Waals surface area contributed by atoms with E-state index in [0.717, 1.165) is 24.1 Å². The van der Waals surface area contributed by atoms with Crippen LogP contribution in [0.4, 0.5) is 4.39 Å². The molecule has 3 aromatic rings. The van der Waals surface area contributed by atoms with Crippen molar-refractivity contribution in [2.45, 2.75) is 44.4 Å². The number of phenolic OH excluding ortho intramolecular Hbond substituents is 1. The highest BCUT2D eigenvalue weighted by molar-refractivity contribution is 5.66. The molecule has 2 N–H and O–H groups in total. The molecule has 2 unspecified atom stereocenters. The van der Waals surface area contributed by atoms with Crippen LogP contribution in [0, 0.1) is 5.92 Å². The van der Waals surface area contributed by atoms with Gasteiger partial charge in [0.15, 0.2) is 5.82 Å². The standard InChI is InChI=1S/C22H23FN6O/c1-13-6-15-8-14(21(23)19(7-13)26-15)9-16-11-25-22(28-27-16)18-3-2-17(10-20(18)30)29-5-4-24-12-29/h2-5,9-13,15,19,21,26,30H,6-8H2,1H3/b14-9-/t13-,15?,19?,21-/m1/s1. The van der Waals surface area contributed by atoms with E-state index in [-0.39, 0.29) is 11.8 Å². The molecule has 0 aliphatic carbocycles. The van der Waals surface area contributed by atoms with Crippen LogP contribution in [0.25, 0.3) is 23.2 Å². The fraction of sp³-hybridized carbons (Fsp3) is 0.364. The lowest BCUT2D eigenvalue weighted by molar-refractivity contribution is 0.147. The molecule has 4 atom stereocenters. The maximum Gasteiger partial charge on any atom is 0.185 e. The molecule has 2 bridgehead atoms. The number of nitrogens with zero attached hydrogens (tertiary/aromatic N) is 5. The van der Waals surface area contributed by atoms with E-state index in [1.165, 1.54) is 0 Å². The molecule has 30 heavy (non-hydrogen) atoms. The maximum atomic E-state index is 14.9. The lowest BCUT2D eigenvalue weighted by Gasteiger charge is -2.42. The Balaban J connectivity index is 1.37. The third kappa shape index (κ3) is 3.59. The summed E-state index contributed by atoms with van der Waals surface area (Å²) in [5.74, 6) is 0.924. The molecule has 0 saturated carbocycles. The molecule has 2 aromatic heterocycles. The molecule has 154 valence electrons. The van der Waals surface area contributed by atoms with Crippen molar-refractivity contribution in [3.63, 3.8) is 0 Å².